The number of halogens is 3. The summed E-state index contributed by atoms with van der Waals surface area (Å²) in [5.41, 5.74) is 0.797. The molecule has 1 aliphatic heterocycles. The van der Waals surface area contributed by atoms with Crippen LogP contribution in [0.3, 0.4) is 0 Å². The Morgan fingerprint density at radius 1 is 1.55 bits per heavy atom. The number of benzene rings is 1. The predicted molar refractivity (Wildman–Crippen MR) is 84.2 cm³/mol. The summed E-state index contributed by atoms with van der Waals surface area (Å²) in [5, 5.41) is 6.22. The number of hydrogen-bond acceptors (Lipinski definition) is 3. The Morgan fingerprint density at radius 3 is 3.00 bits per heavy atom. The lowest BCUT2D eigenvalue weighted by molar-refractivity contribution is -0.121. The highest BCUT2D eigenvalue weighted by Gasteiger charge is 2.16. The van der Waals surface area contributed by atoms with Gasteiger partial charge in [-0.05, 0) is 17.7 Å². The molecular weight excluding hydrogens is 322 g/mol. The Labute approximate surface area is 133 Å². The van der Waals surface area contributed by atoms with Crippen LogP contribution >= 0.6 is 35.8 Å². The highest BCUT2D eigenvalue weighted by atomic mass is 35.5. The molecule has 112 valence electrons. The van der Waals surface area contributed by atoms with Crippen molar-refractivity contribution in [2.45, 2.75) is 19.0 Å². The van der Waals surface area contributed by atoms with Crippen LogP contribution in [-0.4, -0.2) is 30.0 Å². The summed E-state index contributed by atoms with van der Waals surface area (Å²) in [4.78, 5) is 11.8. The molecule has 1 saturated heterocycles. The normalized spacial score (nSPS) is 18.2. The van der Waals surface area contributed by atoms with E-state index >= 15 is 0 Å². The van der Waals surface area contributed by atoms with Crippen LogP contribution in [0, 0.1) is 5.82 Å². The van der Waals surface area contributed by atoms with Gasteiger partial charge in [-0.25, -0.2) is 4.39 Å². The van der Waals surface area contributed by atoms with Crippen molar-refractivity contribution >= 4 is 41.7 Å². The van der Waals surface area contributed by atoms with E-state index in [4.69, 9.17) is 11.6 Å². The summed E-state index contributed by atoms with van der Waals surface area (Å²) in [6.45, 7) is 1.33. The SMILES string of the molecule is Cl.O=C(CC1CSCCN1)NCc1ccc(F)c(Cl)c1. The largest absolute Gasteiger partial charge is 0.352 e. The summed E-state index contributed by atoms with van der Waals surface area (Å²) < 4.78 is 13.0. The zero-order valence-corrected chi connectivity index (χ0v) is 13.2. The molecule has 2 N–H and O–H groups in total. The van der Waals surface area contributed by atoms with E-state index in [1.54, 1.807) is 6.07 Å². The van der Waals surface area contributed by atoms with Gasteiger partial charge >= 0.3 is 0 Å². The second-order valence-electron chi connectivity index (χ2n) is 4.46. The van der Waals surface area contributed by atoms with E-state index in [-0.39, 0.29) is 29.4 Å². The van der Waals surface area contributed by atoms with Crippen molar-refractivity contribution in [2.24, 2.45) is 0 Å². The van der Waals surface area contributed by atoms with Gasteiger partial charge in [-0.15, -0.1) is 12.4 Å². The summed E-state index contributed by atoms with van der Waals surface area (Å²) >= 11 is 7.55. The Hall–Kier alpha value is -0.490. The molecule has 20 heavy (non-hydrogen) atoms. The van der Waals surface area contributed by atoms with Gasteiger partial charge in [0.25, 0.3) is 0 Å². The fourth-order valence-corrected chi connectivity index (χ4v) is 3.05. The Bertz CT molecular complexity index is 456. The molecule has 1 unspecified atom stereocenters. The molecule has 3 nitrogen and oxygen atoms in total. The van der Waals surface area contributed by atoms with Crippen LogP contribution in [-0.2, 0) is 11.3 Å². The minimum absolute atomic E-state index is 0. The van der Waals surface area contributed by atoms with Crippen LogP contribution in [0.5, 0.6) is 0 Å². The smallest absolute Gasteiger partial charge is 0.221 e. The molecule has 0 saturated carbocycles. The average molecular weight is 339 g/mol. The van der Waals surface area contributed by atoms with Gasteiger partial charge in [-0.3, -0.25) is 4.79 Å². The number of nitrogens with one attached hydrogen (secondary N) is 2. The quantitative estimate of drug-likeness (QED) is 0.886. The summed E-state index contributed by atoms with van der Waals surface area (Å²) in [6, 6.07) is 4.71. The third kappa shape index (κ3) is 5.48. The van der Waals surface area contributed by atoms with Gasteiger partial charge in [0.05, 0.1) is 5.02 Å². The molecule has 1 atom stereocenters. The first-order chi connectivity index (χ1) is 9.15. The van der Waals surface area contributed by atoms with Crippen LogP contribution in [0.4, 0.5) is 4.39 Å². The zero-order valence-electron chi connectivity index (χ0n) is 10.8. The van der Waals surface area contributed by atoms with E-state index in [1.165, 1.54) is 12.1 Å². The number of amides is 1. The van der Waals surface area contributed by atoms with Crippen LogP contribution in [0.1, 0.15) is 12.0 Å². The van der Waals surface area contributed by atoms with Crippen molar-refractivity contribution in [1.29, 1.82) is 0 Å². The lowest BCUT2D eigenvalue weighted by atomic mass is 10.2. The second-order valence-corrected chi connectivity index (χ2v) is 6.01. The van der Waals surface area contributed by atoms with Gasteiger partial charge in [-0.1, -0.05) is 17.7 Å². The second kappa shape index (κ2) is 8.72. The van der Waals surface area contributed by atoms with E-state index in [0.29, 0.717) is 13.0 Å². The first-order valence-corrected chi connectivity index (χ1v) is 7.70. The Kier molecular flexibility index (Phi) is 7.66. The predicted octanol–water partition coefficient (Wildman–Crippen LogP) is 2.61. The lowest BCUT2D eigenvalue weighted by Gasteiger charge is -2.22. The van der Waals surface area contributed by atoms with Gasteiger partial charge in [0.2, 0.25) is 5.91 Å². The first-order valence-electron chi connectivity index (χ1n) is 6.17. The number of hydrogen-bond donors (Lipinski definition) is 2. The first kappa shape index (κ1) is 17.6. The van der Waals surface area contributed by atoms with Crippen molar-refractivity contribution in [3.63, 3.8) is 0 Å². The molecule has 1 aromatic carbocycles. The molecule has 7 heteroatoms. The molecule has 0 aliphatic carbocycles. The van der Waals surface area contributed by atoms with Gasteiger partial charge in [-0.2, -0.15) is 11.8 Å². The van der Waals surface area contributed by atoms with Crippen molar-refractivity contribution in [1.82, 2.24) is 10.6 Å². The Morgan fingerprint density at radius 2 is 2.35 bits per heavy atom. The minimum atomic E-state index is -0.444. The van der Waals surface area contributed by atoms with Gasteiger partial charge < -0.3 is 10.6 Å². The molecule has 1 amide bonds. The summed E-state index contributed by atoms with van der Waals surface area (Å²) in [6.07, 6.45) is 0.474. The van der Waals surface area contributed by atoms with Crippen molar-refractivity contribution in [3.8, 4) is 0 Å². The maximum Gasteiger partial charge on any atom is 0.221 e. The number of thioether (sulfide) groups is 1. The van der Waals surface area contributed by atoms with Crippen molar-refractivity contribution in [2.75, 3.05) is 18.1 Å². The molecule has 1 aromatic rings. The molecule has 0 aromatic heterocycles. The van der Waals surface area contributed by atoms with E-state index in [1.807, 2.05) is 11.8 Å². The van der Waals surface area contributed by atoms with Crippen LogP contribution in [0.15, 0.2) is 18.2 Å². The fourth-order valence-electron chi connectivity index (χ4n) is 1.90. The lowest BCUT2D eigenvalue weighted by Crippen LogP contribution is -2.41. The third-order valence-corrected chi connectivity index (χ3v) is 4.32. The summed E-state index contributed by atoms with van der Waals surface area (Å²) in [5.74, 6) is 1.63. The highest BCUT2D eigenvalue weighted by molar-refractivity contribution is 7.99. The molecule has 1 aliphatic rings. The number of carbonyl (C=O) groups excluding carboxylic acids is 1. The van der Waals surface area contributed by atoms with E-state index in [2.05, 4.69) is 10.6 Å². The van der Waals surface area contributed by atoms with Gasteiger partial charge in [0.15, 0.2) is 0 Å². The molecular formula is C13H17Cl2FN2OS. The molecule has 1 fully saturated rings. The van der Waals surface area contributed by atoms with Crippen molar-refractivity contribution in [3.05, 3.63) is 34.6 Å². The minimum Gasteiger partial charge on any atom is -0.352 e. The monoisotopic (exact) mass is 338 g/mol. The number of carbonyl (C=O) groups is 1. The van der Waals surface area contributed by atoms with Crippen LogP contribution in [0.2, 0.25) is 5.02 Å². The molecule has 0 bridgehead atoms. The molecule has 0 spiro atoms. The fraction of sp³-hybridized carbons (Fsp3) is 0.462. The Balaban J connectivity index is 0.00000200. The maximum atomic E-state index is 13.0. The zero-order chi connectivity index (χ0) is 13.7. The van der Waals surface area contributed by atoms with Crippen LogP contribution < -0.4 is 10.6 Å². The van der Waals surface area contributed by atoms with E-state index < -0.39 is 5.82 Å². The maximum absolute atomic E-state index is 13.0. The third-order valence-electron chi connectivity index (χ3n) is 2.90. The van der Waals surface area contributed by atoms with Crippen LogP contribution in [0.25, 0.3) is 0 Å². The van der Waals surface area contributed by atoms with E-state index in [9.17, 15) is 9.18 Å². The number of rotatable bonds is 4. The summed E-state index contributed by atoms with van der Waals surface area (Å²) in [7, 11) is 0. The van der Waals surface area contributed by atoms with Gasteiger partial charge in [0, 0.05) is 37.1 Å². The highest BCUT2D eigenvalue weighted by Crippen LogP contribution is 2.16. The topological polar surface area (TPSA) is 41.1 Å². The molecule has 1 heterocycles. The van der Waals surface area contributed by atoms with Crippen molar-refractivity contribution < 1.29 is 9.18 Å². The van der Waals surface area contributed by atoms with Gasteiger partial charge in [0.1, 0.15) is 5.82 Å². The standard InChI is InChI=1S/C13H16ClFN2OS.ClH/c14-11-5-9(1-2-12(11)15)7-17-13(18)6-10-8-19-4-3-16-10;/h1-2,5,10,16H,3-4,6-8H2,(H,17,18);1H. The molecule has 0 radical (unpaired) electrons. The van der Waals surface area contributed by atoms with E-state index in [0.717, 1.165) is 23.6 Å². The average Bonchev–Trinajstić information content (AvgIpc) is 2.41. The molecule has 2 rings (SSSR count).